The summed E-state index contributed by atoms with van der Waals surface area (Å²) >= 11 is 12.6. The van der Waals surface area contributed by atoms with Crippen molar-refractivity contribution in [2.75, 3.05) is 6.54 Å². The minimum absolute atomic E-state index is 0.262. The van der Waals surface area contributed by atoms with Gasteiger partial charge >= 0.3 is 0 Å². The van der Waals surface area contributed by atoms with Crippen LogP contribution in [0, 0.1) is 6.92 Å². The second-order valence-electron chi connectivity index (χ2n) is 7.14. The number of imidazole rings is 1. The number of hydrogen-bond donors (Lipinski definition) is 2. The zero-order valence-electron chi connectivity index (χ0n) is 16.9. The van der Waals surface area contributed by atoms with E-state index in [1.54, 1.807) is 22.7 Å². The molecule has 0 aliphatic rings. The molecule has 0 saturated carbocycles. The van der Waals surface area contributed by atoms with Gasteiger partial charge in [-0.15, -0.1) is 0 Å². The fourth-order valence-electron chi connectivity index (χ4n) is 3.53. The number of halogens is 2. The number of nitrogens with two attached hydrogens (primary N) is 1. The van der Waals surface area contributed by atoms with Crippen LogP contribution in [0.1, 0.15) is 27.3 Å². The minimum atomic E-state index is -0.262. The molecule has 0 aliphatic carbocycles. The van der Waals surface area contributed by atoms with Crippen molar-refractivity contribution in [2.24, 2.45) is 5.73 Å². The average molecular weight is 454 g/mol. The minimum Gasteiger partial charge on any atom is -0.350 e. The highest BCUT2D eigenvalue weighted by Gasteiger charge is 2.20. The van der Waals surface area contributed by atoms with Crippen molar-refractivity contribution in [2.45, 2.75) is 19.9 Å². The molecule has 8 heteroatoms. The Bertz CT molecular complexity index is 1250. The van der Waals surface area contributed by atoms with E-state index in [0.717, 1.165) is 34.5 Å². The molecule has 0 radical (unpaired) electrons. The average Bonchev–Trinajstić information content (AvgIpc) is 3.17. The molecule has 2 aromatic heterocycles. The molecule has 0 fully saturated rings. The third-order valence-electron chi connectivity index (χ3n) is 5.08. The summed E-state index contributed by atoms with van der Waals surface area (Å²) in [6.07, 6.45) is 2.40. The maximum atomic E-state index is 12.7. The Morgan fingerprint density at radius 1 is 1.13 bits per heavy atom. The molecule has 0 atom stereocenters. The van der Waals surface area contributed by atoms with Crippen molar-refractivity contribution in [1.29, 1.82) is 0 Å². The number of amides is 1. The number of benzene rings is 2. The van der Waals surface area contributed by atoms with Gasteiger partial charge in [-0.3, -0.25) is 9.20 Å². The van der Waals surface area contributed by atoms with Crippen LogP contribution in [-0.4, -0.2) is 26.8 Å². The van der Waals surface area contributed by atoms with Gasteiger partial charge in [0.15, 0.2) is 0 Å². The second-order valence-corrected chi connectivity index (χ2v) is 7.98. The topological polar surface area (TPSA) is 85.3 Å². The van der Waals surface area contributed by atoms with Crippen LogP contribution in [0.5, 0.6) is 0 Å². The number of hydrogen-bond acceptors (Lipinski definition) is 4. The van der Waals surface area contributed by atoms with Crippen LogP contribution in [0.4, 0.5) is 0 Å². The van der Waals surface area contributed by atoms with E-state index in [2.05, 4.69) is 15.3 Å². The highest BCUT2D eigenvalue weighted by molar-refractivity contribution is 6.36. The van der Waals surface area contributed by atoms with Crippen molar-refractivity contribution in [1.82, 2.24) is 19.7 Å². The second kappa shape index (κ2) is 9.06. The lowest BCUT2D eigenvalue weighted by Gasteiger charge is -2.14. The first-order valence-corrected chi connectivity index (χ1v) is 10.6. The Labute approximate surface area is 190 Å². The number of aromatic nitrogens is 3. The first-order valence-electron chi connectivity index (χ1n) is 9.84. The van der Waals surface area contributed by atoms with Crippen molar-refractivity contribution in [3.63, 3.8) is 0 Å². The number of rotatable bonds is 6. The van der Waals surface area contributed by atoms with E-state index in [-0.39, 0.29) is 18.1 Å². The summed E-state index contributed by atoms with van der Waals surface area (Å²) < 4.78 is 1.76. The van der Waals surface area contributed by atoms with Crippen LogP contribution >= 0.6 is 23.2 Å². The normalized spacial score (nSPS) is 11.1. The Kier molecular flexibility index (Phi) is 6.23. The van der Waals surface area contributed by atoms with E-state index in [9.17, 15) is 4.79 Å². The lowest BCUT2D eigenvalue weighted by Crippen LogP contribution is -2.25. The smallest absolute Gasteiger partial charge is 0.271 e. The zero-order valence-corrected chi connectivity index (χ0v) is 18.4. The fourth-order valence-corrected chi connectivity index (χ4v) is 4.03. The van der Waals surface area contributed by atoms with Crippen molar-refractivity contribution < 1.29 is 4.79 Å². The van der Waals surface area contributed by atoms with Crippen LogP contribution in [0.25, 0.3) is 17.0 Å². The summed E-state index contributed by atoms with van der Waals surface area (Å²) in [6.45, 7) is 2.64. The first-order chi connectivity index (χ1) is 15.0. The SMILES string of the molecule is Cc1nc2nc(C(=O)NCCc3ccccc3)cn2c(-c2ccc(Cl)cc2Cl)c1CN. The lowest BCUT2D eigenvalue weighted by molar-refractivity contribution is 0.0949. The monoisotopic (exact) mass is 453 g/mol. The molecular weight excluding hydrogens is 433 g/mol. The van der Waals surface area contributed by atoms with E-state index in [4.69, 9.17) is 28.9 Å². The van der Waals surface area contributed by atoms with Gasteiger partial charge in [-0.1, -0.05) is 53.5 Å². The van der Waals surface area contributed by atoms with Crippen molar-refractivity contribution >= 4 is 34.9 Å². The molecule has 6 nitrogen and oxygen atoms in total. The van der Waals surface area contributed by atoms with Crippen molar-refractivity contribution in [3.05, 3.63) is 87.3 Å². The summed E-state index contributed by atoms with van der Waals surface area (Å²) in [5, 5.41) is 3.94. The van der Waals surface area contributed by atoms with Crippen LogP contribution < -0.4 is 11.1 Å². The molecule has 31 heavy (non-hydrogen) atoms. The largest absolute Gasteiger partial charge is 0.350 e. The van der Waals surface area contributed by atoms with Gasteiger partial charge in [0, 0.05) is 41.1 Å². The molecule has 0 saturated heterocycles. The molecule has 0 spiro atoms. The number of nitrogens with one attached hydrogen (secondary N) is 1. The Balaban J connectivity index is 1.69. The van der Waals surface area contributed by atoms with E-state index in [1.807, 2.05) is 43.3 Å². The van der Waals surface area contributed by atoms with Gasteiger partial charge < -0.3 is 11.1 Å². The molecule has 1 amide bonds. The first kappa shape index (κ1) is 21.3. The molecule has 2 heterocycles. The van der Waals surface area contributed by atoms with Crippen LogP contribution in [-0.2, 0) is 13.0 Å². The molecule has 4 aromatic rings. The van der Waals surface area contributed by atoms with Gasteiger partial charge in [-0.25, -0.2) is 9.97 Å². The Morgan fingerprint density at radius 2 is 1.90 bits per heavy atom. The number of fused-ring (bicyclic) bond motifs is 1. The Morgan fingerprint density at radius 3 is 2.61 bits per heavy atom. The summed E-state index contributed by atoms with van der Waals surface area (Å²) in [4.78, 5) is 21.7. The summed E-state index contributed by atoms with van der Waals surface area (Å²) in [5.41, 5.74) is 10.5. The van der Waals surface area contributed by atoms with Crippen LogP contribution in [0.3, 0.4) is 0 Å². The number of carbonyl (C=O) groups is 1. The summed E-state index contributed by atoms with van der Waals surface area (Å²) in [5.74, 6) is 0.144. The van der Waals surface area contributed by atoms with E-state index in [1.165, 1.54) is 0 Å². The highest BCUT2D eigenvalue weighted by atomic mass is 35.5. The lowest BCUT2D eigenvalue weighted by atomic mass is 10.0. The van der Waals surface area contributed by atoms with Gasteiger partial charge in [0.05, 0.1) is 10.7 Å². The molecular formula is C23H21Cl2N5O. The van der Waals surface area contributed by atoms with Crippen molar-refractivity contribution in [3.8, 4) is 11.3 Å². The maximum Gasteiger partial charge on any atom is 0.271 e. The van der Waals surface area contributed by atoms with Crippen LogP contribution in [0.2, 0.25) is 10.0 Å². The summed E-state index contributed by atoms with van der Waals surface area (Å²) in [6, 6.07) is 15.2. The van der Waals surface area contributed by atoms with E-state index >= 15 is 0 Å². The fraction of sp³-hybridized carbons (Fsp3) is 0.174. The molecule has 0 bridgehead atoms. The van der Waals surface area contributed by atoms with Crippen LogP contribution in [0.15, 0.2) is 54.7 Å². The number of aryl methyl sites for hydroxylation is 1. The highest BCUT2D eigenvalue weighted by Crippen LogP contribution is 2.34. The third-order valence-corrected chi connectivity index (χ3v) is 5.63. The number of nitrogens with zero attached hydrogens (tertiary/aromatic N) is 3. The quantitative estimate of drug-likeness (QED) is 0.451. The molecule has 158 valence electrons. The molecule has 3 N–H and O–H groups in total. The molecule has 4 rings (SSSR count). The van der Waals surface area contributed by atoms with Gasteiger partial charge in [0.2, 0.25) is 5.78 Å². The Hall–Kier alpha value is -2.93. The third kappa shape index (κ3) is 4.42. The number of carbonyl (C=O) groups excluding carboxylic acids is 1. The standard InChI is InChI=1S/C23H21Cl2N5O/c1-14-18(12-26)21(17-8-7-16(24)11-19(17)25)30-13-20(29-23(30)28-14)22(31)27-10-9-15-5-3-2-4-6-15/h2-8,11,13H,9-10,12,26H2,1H3,(H,27,31). The molecule has 2 aromatic carbocycles. The predicted octanol–water partition coefficient (Wildman–Crippen LogP) is 4.44. The van der Waals surface area contributed by atoms with Gasteiger partial charge in [0.25, 0.3) is 5.91 Å². The predicted molar refractivity (Wildman–Crippen MR) is 124 cm³/mol. The maximum absolute atomic E-state index is 12.7. The van der Waals surface area contributed by atoms with Gasteiger partial charge in [0.1, 0.15) is 5.69 Å². The molecule has 0 unspecified atom stereocenters. The zero-order chi connectivity index (χ0) is 22.0. The molecule has 0 aliphatic heterocycles. The van der Waals surface area contributed by atoms with E-state index < -0.39 is 0 Å². The summed E-state index contributed by atoms with van der Waals surface area (Å²) in [7, 11) is 0. The van der Waals surface area contributed by atoms with Gasteiger partial charge in [-0.2, -0.15) is 0 Å². The van der Waals surface area contributed by atoms with Gasteiger partial charge in [-0.05, 0) is 37.1 Å². The van der Waals surface area contributed by atoms with E-state index in [0.29, 0.717) is 22.4 Å².